The number of benzene rings is 2. The number of rotatable bonds is 2. The first-order chi connectivity index (χ1) is 9.54. The predicted molar refractivity (Wildman–Crippen MR) is 73.1 cm³/mol. The van der Waals surface area contributed by atoms with Crippen molar-refractivity contribution in [1.82, 2.24) is 4.98 Å². The maximum atomic E-state index is 13.7. The van der Waals surface area contributed by atoms with E-state index in [1.54, 1.807) is 18.2 Å². The quantitative estimate of drug-likeness (QED) is 0.699. The maximum Gasteiger partial charge on any atom is 0.300 e. The van der Waals surface area contributed by atoms with Crippen LogP contribution in [0.2, 0.25) is 5.02 Å². The van der Waals surface area contributed by atoms with Crippen LogP contribution in [0.15, 0.2) is 34.7 Å². The molecule has 20 heavy (non-hydrogen) atoms. The second kappa shape index (κ2) is 4.64. The van der Waals surface area contributed by atoms with Crippen molar-refractivity contribution in [2.45, 2.75) is 0 Å². The Morgan fingerprint density at radius 2 is 2.05 bits per heavy atom. The Hall–Kier alpha value is -2.34. The van der Waals surface area contributed by atoms with Gasteiger partial charge in [0.1, 0.15) is 11.3 Å². The molecule has 0 radical (unpaired) electrons. The molecule has 0 atom stereocenters. The smallest absolute Gasteiger partial charge is 0.300 e. The predicted octanol–water partition coefficient (Wildman–Crippen LogP) is 4.09. The van der Waals surface area contributed by atoms with Crippen molar-refractivity contribution < 1.29 is 13.2 Å². The molecular weight excluding hydrogens is 288 g/mol. The van der Waals surface area contributed by atoms with Gasteiger partial charge in [-0.2, -0.15) is 4.98 Å². The van der Waals surface area contributed by atoms with Crippen LogP contribution in [0.1, 0.15) is 0 Å². The molecule has 1 heterocycles. The normalized spacial score (nSPS) is 10.9. The Morgan fingerprint density at radius 3 is 2.75 bits per heavy atom. The van der Waals surface area contributed by atoms with Gasteiger partial charge in [-0.25, -0.2) is 8.78 Å². The summed E-state index contributed by atoms with van der Waals surface area (Å²) >= 11 is 5.78. The van der Waals surface area contributed by atoms with E-state index in [0.29, 0.717) is 22.9 Å². The highest BCUT2D eigenvalue weighted by molar-refractivity contribution is 6.33. The molecule has 0 aliphatic carbocycles. The molecular formula is C13H8ClF2N3O. The summed E-state index contributed by atoms with van der Waals surface area (Å²) in [5, 5.41) is 2.46. The number of nitrogens with two attached hydrogens (primary N) is 1. The molecule has 0 aliphatic rings. The van der Waals surface area contributed by atoms with Gasteiger partial charge in [-0.15, -0.1) is 0 Å². The minimum Gasteiger partial charge on any atom is -0.423 e. The first-order valence-corrected chi connectivity index (χ1v) is 5.99. The number of anilines is 3. The van der Waals surface area contributed by atoms with Crippen molar-refractivity contribution in [3.63, 3.8) is 0 Å². The molecule has 1 aromatic heterocycles. The highest BCUT2D eigenvalue weighted by Gasteiger charge is 2.14. The summed E-state index contributed by atoms with van der Waals surface area (Å²) in [5.41, 5.74) is 6.97. The van der Waals surface area contributed by atoms with Gasteiger partial charge in [0.2, 0.25) is 0 Å². The lowest BCUT2D eigenvalue weighted by Crippen LogP contribution is -1.96. The Morgan fingerprint density at radius 1 is 1.25 bits per heavy atom. The second-order valence-electron chi connectivity index (χ2n) is 4.08. The number of para-hydroxylation sites is 1. The zero-order valence-electron chi connectivity index (χ0n) is 9.95. The maximum absolute atomic E-state index is 13.7. The van der Waals surface area contributed by atoms with Crippen molar-refractivity contribution >= 4 is 40.1 Å². The lowest BCUT2D eigenvalue weighted by atomic mass is 10.3. The third kappa shape index (κ3) is 2.14. The minimum absolute atomic E-state index is 0.0188. The Kier molecular flexibility index (Phi) is 2.94. The van der Waals surface area contributed by atoms with E-state index >= 15 is 0 Å². The third-order valence-electron chi connectivity index (χ3n) is 2.69. The average molecular weight is 296 g/mol. The van der Waals surface area contributed by atoms with E-state index in [-0.39, 0.29) is 16.7 Å². The van der Waals surface area contributed by atoms with Crippen LogP contribution in [-0.2, 0) is 0 Å². The zero-order valence-corrected chi connectivity index (χ0v) is 10.7. The molecule has 102 valence electrons. The average Bonchev–Trinajstić information content (AvgIpc) is 2.78. The molecule has 0 bridgehead atoms. The van der Waals surface area contributed by atoms with Gasteiger partial charge in [-0.3, -0.25) is 0 Å². The Bertz CT molecular complexity index is 780. The van der Waals surface area contributed by atoms with E-state index in [0.717, 1.165) is 6.07 Å². The summed E-state index contributed by atoms with van der Waals surface area (Å²) in [5.74, 6) is -1.61. The van der Waals surface area contributed by atoms with E-state index < -0.39 is 11.6 Å². The third-order valence-corrected chi connectivity index (χ3v) is 2.99. The van der Waals surface area contributed by atoms with Gasteiger partial charge >= 0.3 is 0 Å². The van der Waals surface area contributed by atoms with Crippen LogP contribution in [0.5, 0.6) is 0 Å². The van der Waals surface area contributed by atoms with E-state index in [1.807, 2.05) is 0 Å². The van der Waals surface area contributed by atoms with Gasteiger partial charge < -0.3 is 15.5 Å². The molecule has 0 unspecified atom stereocenters. The molecule has 0 saturated heterocycles. The van der Waals surface area contributed by atoms with Crippen LogP contribution in [0.3, 0.4) is 0 Å². The first kappa shape index (κ1) is 12.7. The zero-order chi connectivity index (χ0) is 14.3. The van der Waals surface area contributed by atoms with Crippen molar-refractivity contribution in [2.24, 2.45) is 0 Å². The molecule has 3 aromatic rings. The summed E-state index contributed by atoms with van der Waals surface area (Å²) in [4.78, 5) is 4.09. The highest BCUT2D eigenvalue weighted by Crippen LogP contribution is 2.31. The minimum atomic E-state index is -0.842. The van der Waals surface area contributed by atoms with Gasteiger partial charge in [0.25, 0.3) is 6.01 Å². The lowest BCUT2D eigenvalue weighted by Gasteiger charge is -2.05. The molecule has 0 amide bonds. The fourth-order valence-corrected chi connectivity index (χ4v) is 2.03. The first-order valence-electron chi connectivity index (χ1n) is 5.61. The summed E-state index contributed by atoms with van der Waals surface area (Å²) in [6.45, 7) is 0. The summed E-state index contributed by atoms with van der Waals surface area (Å²) < 4.78 is 32.0. The van der Waals surface area contributed by atoms with Gasteiger partial charge in [0, 0.05) is 6.07 Å². The molecule has 0 spiro atoms. The Labute approximate surface area is 117 Å². The van der Waals surface area contributed by atoms with Crippen LogP contribution in [-0.4, -0.2) is 4.98 Å². The monoisotopic (exact) mass is 295 g/mol. The number of fused-ring (bicyclic) bond motifs is 1. The standard InChI is InChI=1S/C13H8ClF2N3O/c14-7-4-6(15)5-8(16)11(7)18-13-19-12-9(17)2-1-3-10(12)20-13/h1-5H,17H2,(H,18,19). The van der Waals surface area contributed by atoms with Crippen LogP contribution < -0.4 is 11.1 Å². The number of aromatic nitrogens is 1. The summed E-state index contributed by atoms with van der Waals surface area (Å²) in [6, 6.07) is 6.77. The topological polar surface area (TPSA) is 64.1 Å². The molecule has 3 N–H and O–H groups in total. The van der Waals surface area contributed by atoms with E-state index in [9.17, 15) is 8.78 Å². The lowest BCUT2D eigenvalue weighted by molar-refractivity contribution is 0.582. The molecule has 3 rings (SSSR count). The SMILES string of the molecule is Nc1cccc2oc(Nc3c(F)cc(F)cc3Cl)nc12. The summed E-state index contributed by atoms with van der Waals surface area (Å²) in [6.07, 6.45) is 0. The fourth-order valence-electron chi connectivity index (χ4n) is 1.79. The molecule has 4 nitrogen and oxygen atoms in total. The number of halogens is 3. The highest BCUT2D eigenvalue weighted by atomic mass is 35.5. The molecule has 2 aromatic carbocycles. The van der Waals surface area contributed by atoms with Crippen LogP contribution in [0.4, 0.5) is 26.2 Å². The van der Waals surface area contributed by atoms with Crippen molar-refractivity contribution in [1.29, 1.82) is 0 Å². The van der Waals surface area contributed by atoms with Crippen molar-refractivity contribution in [3.8, 4) is 0 Å². The molecule has 7 heteroatoms. The number of nitrogens with one attached hydrogen (secondary N) is 1. The number of hydrogen-bond donors (Lipinski definition) is 2. The van der Waals surface area contributed by atoms with E-state index in [1.165, 1.54) is 0 Å². The van der Waals surface area contributed by atoms with Crippen LogP contribution in [0, 0.1) is 11.6 Å². The van der Waals surface area contributed by atoms with Crippen molar-refractivity contribution in [2.75, 3.05) is 11.1 Å². The molecule has 0 saturated carbocycles. The number of nitrogen functional groups attached to an aromatic ring is 1. The molecule has 0 aliphatic heterocycles. The van der Waals surface area contributed by atoms with Gasteiger partial charge in [-0.05, 0) is 18.2 Å². The molecule has 0 fully saturated rings. The Balaban J connectivity index is 2.04. The summed E-state index contributed by atoms with van der Waals surface area (Å²) in [7, 11) is 0. The number of hydrogen-bond acceptors (Lipinski definition) is 4. The van der Waals surface area contributed by atoms with Gasteiger partial charge in [0.15, 0.2) is 11.4 Å². The second-order valence-corrected chi connectivity index (χ2v) is 4.49. The van der Waals surface area contributed by atoms with Crippen LogP contribution >= 0.6 is 11.6 Å². The van der Waals surface area contributed by atoms with Gasteiger partial charge in [-0.1, -0.05) is 17.7 Å². The van der Waals surface area contributed by atoms with Crippen LogP contribution in [0.25, 0.3) is 11.1 Å². The van der Waals surface area contributed by atoms with Crippen molar-refractivity contribution in [3.05, 3.63) is 47.0 Å². The van der Waals surface area contributed by atoms with E-state index in [2.05, 4.69) is 10.3 Å². The van der Waals surface area contributed by atoms with Gasteiger partial charge in [0.05, 0.1) is 16.4 Å². The van der Waals surface area contributed by atoms with E-state index in [4.69, 9.17) is 21.8 Å². The number of nitrogens with zero attached hydrogens (tertiary/aromatic N) is 1. The largest absolute Gasteiger partial charge is 0.423 e. The fraction of sp³-hybridized carbons (Fsp3) is 0. The number of oxazole rings is 1.